The molecule has 7 heteroatoms. The molecule has 0 radical (unpaired) electrons. The summed E-state index contributed by atoms with van der Waals surface area (Å²) in [6.07, 6.45) is 0. The Labute approximate surface area is 151 Å². The van der Waals surface area contributed by atoms with Gasteiger partial charge in [-0.25, -0.2) is 9.59 Å². The van der Waals surface area contributed by atoms with Crippen LogP contribution in [0.1, 0.15) is 62.4 Å². The van der Waals surface area contributed by atoms with Crippen molar-refractivity contribution in [3.05, 3.63) is 34.5 Å². The van der Waals surface area contributed by atoms with E-state index in [4.69, 9.17) is 21.1 Å². The third kappa shape index (κ3) is 4.25. The molecule has 25 heavy (non-hydrogen) atoms. The fourth-order valence-corrected chi connectivity index (χ4v) is 2.47. The highest BCUT2D eigenvalue weighted by atomic mass is 35.5. The maximum Gasteiger partial charge on any atom is 0.359 e. The quantitative estimate of drug-likeness (QED) is 0.627. The summed E-state index contributed by atoms with van der Waals surface area (Å²) in [6.45, 7) is 10.2. The minimum Gasteiger partial charge on any atom is -0.456 e. The molecule has 2 rings (SSSR count). The molecule has 0 saturated heterocycles. The van der Waals surface area contributed by atoms with Crippen molar-refractivity contribution in [1.82, 2.24) is 4.73 Å². The Morgan fingerprint density at radius 3 is 2.04 bits per heavy atom. The van der Waals surface area contributed by atoms with Crippen molar-refractivity contribution in [3.63, 3.8) is 0 Å². The van der Waals surface area contributed by atoms with Gasteiger partial charge in [0, 0.05) is 10.4 Å². The smallest absolute Gasteiger partial charge is 0.359 e. The molecular formula is C18H22ClNO5. The van der Waals surface area contributed by atoms with Gasteiger partial charge in [0.1, 0.15) is 16.8 Å². The molecule has 0 fully saturated rings. The number of hydrogen-bond acceptors (Lipinski definition) is 5. The molecule has 1 aromatic heterocycles. The molecule has 0 aliphatic heterocycles. The van der Waals surface area contributed by atoms with Crippen LogP contribution in [0.4, 0.5) is 0 Å². The molecule has 0 bridgehead atoms. The monoisotopic (exact) mass is 367 g/mol. The molecule has 2 aromatic rings. The summed E-state index contributed by atoms with van der Waals surface area (Å²) >= 11 is 6.02. The lowest BCUT2D eigenvalue weighted by molar-refractivity contribution is -0.000815. The SMILES string of the molecule is CC(C)(C)OC(=O)c1c(C(=O)OC(C)(C)C)n(O)c2ccc(Cl)cc12. The molecule has 0 spiro atoms. The van der Waals surface area contributed by atoms with Crippen LogP contribution in [0.5, 0.6) is 0 Å². The third-order valence-electron chi connectivity index (χ3n) is 3.10. The van der Waals surface area contributed by atoms with E-state index in [1.807, 2.05) is 0 Å². The third-order valence-corrected chi connectivity index (χ3v) is 3.34. The zero-order chi connectivity index (χ0) is 19.2. The molecule has 136 valence electrons. The normalized spacial score (nSPS) is 12.3. The van der Waals surface area contributed by atoms with Gasteiger partial charge in [0.05, 0.1) is 5.52 Å². The first-order chi connectivity index (χ1) is 11.3. The molecule has 1 aromatic carbocycles. The van der Waals surface area contributed by atoms with Crippen LogP contribution in [0.2, 0.25) is 5.02 Å². The Kier molecular flexibility index (Phi) is 4.79. The first-order valence-corrected chi connectivity index (χ1v) is 8.18. The fourth-order valence-electron chi connectivity index (χ4n) is 2.30. The largest absolute Gasteiger partial charge is 0.456 e. The first kappa shape index (κ1) is 19.1. The second kappa shape index (κ2) is 6.26. The van der Waals surface area contributed by atoms with E-state index in [-0.39, 0.29) is 16.8 Å². The van der Waals surface area contributed by atoms with Gasteiger partial charge in [-0.2, -0.15) is 4.73 Å². The van der Waals surface area contributed by atoms with Crippen molar-refractivity contribution in [3.8, 4) is 0 Å². The average Bonchev–Trinajstić information content (AvgIpc) is 2.67. The van der Waals surface area contributed by atoms with Crippen LogP contribution < -0.4 is 0 Å². The van der Waals surface area contributed by atoms with Crippen LogP contribution in [-0.4, -0.2) is 33.1 Å². The van der Waals surface area contributed by atoms with Crippen LogP contribution in [0.3, 0.4) is 0 Å². The van der Waals surface area contributed by atoms with Gasteiger partial charge in [-0.05, 0) is 59.7 Å². The Balaban J connectivity index is 2.71. The molecule has 0 atom stereocenters. The molecule has 0 aliphatic carbocycles. The van der Waals surface area contributed by atoms with Crippen molar-refractivity contribution >= 4 is 34.4 Å². The summed E-state index contributed by atoms with van der Waals surface area (Å²) in [6, 6.07) is 4.56. The number of carbonyl (C=O) groups excluding carboxylic acids is 2. The van der Waals surface area contributed by atoms with E-state index in [1.165, 1.54) is 12.1 Å². The maximum absolute atomic E-state index is 12.7. The molecule has 1 N–H and O–H groups in total. The van der Waals surface area contributed by atoms with Crippen LogP contribution in [0, 0.1) is 0 Å². The topological polar surface area (TPSA) is 77.8 Å². The van der Waals surface area contributed by atoms with Gasteiger partial charge in [-0.15, -0.1) is 0 Å². The van der Waals surface area contributed by atoms with Crippen molar-refractivity contribution in [2.45, 2.75) is 52.7 Å². The lowest BCUT2D eigenvalue weighted by Crippen LogP contribution is -2.28. The van der Waals surface area contributed by atoms with Crippen LogP contribution in [0.25, 0.3) is 10.9 Å². The van der Waals surface area contributed by atoms with E-state index in [0.29, 0.717) is 15.1 Å². The molecular weight excluding hydrogens is 346 g/mol. The Bertz CT molecular complexity index is 840. The summed E-state index contributed by atoms with van der Waals surface area (Å²) in [5.74, 6) is -1.57. The van der Waals surface area contributed by atoms with E-state index in [1.54, 1.807) is 47.6 Å². The lowest BCUT2D eigenvalue weighted by atomic mass is 10.1. The Hall–Kier alpha value is -2.21. The summed E-state index contributed by atoms with van der Waals surface area (Å²) in [4.78, 5) is 25.3. The molecule has 0 unspecified atom stereocenters. The average molecular weight is 368 g/mol. The van der Waals surface area contributed by atoms with Crippen molar-refractivity contribution in [2.24, 2.45) is 0 Å². The molecule has 1 heterocycles. The van der Waals surface area contributed by atoms with Crippen molar-refractivity contribution < 1.29 is 24.3 Å². The molecule has 0 amide bonds. The zero-order valence-corrected chi connectivity index (χ0v) is 15.9. The Morgan fingerprint density at radius 1 is 1.00 bits per heavy atom. The highest BCUT2D eigenvalue weighted by Crippen LogP contribution is 2.31. The van der Waals surface area contributed by atoms with Gasteiger partial charge in [-0.1, -0.05) is 11.6 Å². The predicted octanol–water partition coefficient (Wildman–Crippen LogP) is 4.44. The van der Waals surface area contributed by atoms with E-state index in [9.17, 15) is 14.8 Å². The number of nitrogens with zero attached hydrogens (tertiary/aromatic N) is 1. The second-order valence-corrected chi connectivity index (χ2v) is 8.14. The van der Waals surface area contributed by atoms with Crippen LogP contribution in [0.15, 0.2) is 18.2 Å². The number of halogens is 1. The molecule has 0 aliphatic rings. The van der Waals surface area contributed by atoms with Crippen molar-refractivity contribution in [1.29, 1.82) is 0 Å². The first-order valence-electron chi connectivity index (χ1n) is 7.80. The highest BCUT2D eigenvalue weighted by Gasteiger charge is 2.33. The van der Waals surface area contributed by atoms with Crippen LogP contribution in [-0.2, 0) is 9.47 Å². The summed E-state index contributed by atoms with van der Waals surface area (Å²) < 4.78 is 11.4. The van der Waals surface area contributed by atoms with Crippen LogP contribution >= 0.6 is 11.6 Å². The molecule has 0 saturated carbocycles. The Morgan fingerprint density at radius 2 is 1.52 bits per heavy atom. The summed E-state index contributed by atoms with van der Waals surface area (Å²) in [5.41, 5.74) is -1.68. The second-order valence-electron chi connectivity index (χ2n) is 7.70. The van der Waals surface area contributed by atoms with Gasteiger partial charge in [0.15, 0.2) is 5.69 Å². The van der Waals surface area contributed by atoms with E-state index in [0.717, 1.165) is 0 Å². The number of esters is 2. The minimum atomic E-state index is -0.830. The van der Waals surface area contributed by atoms with Gasteiger partial charge in [-0.3, -0.25) is 0 Å². The lowest BCUT2D eigenvalue weighted by Gasteiger charge is -2.21. The number of rotatable bonds is 2. The van der Waals surface area contributed by atoms with Gasteiger partial charge >= 0.3 is 11.9 Å². The maximum atomic E-state index is 12.7. The number of hydrogen-bond donors (Lipinski definition) is 1. The number of benzene rings is 1. The standard InChI is InChI=1S/C18H22ClNO5/c1-17(2,3)24-15(21)13-11-9-10(19)7-8-12(11)20(23)14(13)16(22)25-18(4,5)6/h7-9,23H,1-6H3. The number of ether oxygens (including phenoxy) is 2. The zero-order valence-electron chi connectivity index (χ0n) is 15.1. The van der Waals surface area contributed by atoms with Crippen molar-refractivity contribution in [2.75, 3.05) is 0 Å². The molecule has 6 nitrogen and oxygen atoms in total. The van der Waals surface area contributed by atoms with Gasteiger partial charge in [0.25, 0.3) is 0 Å². The van der Waals surface area contributed by atoms with Gasteiger partial charge in [0.2, 0.25) is 0 Å². The number of carbonyl (C=O) groups is 2. The summed E-state index contributed by atoms with van der Waals surface area (Å²) in [5, 5.41) is 11.1. The van der Waals surface area contributed by atoms with E-state index < -0.39 is 23.1 Å². The predicted molar refractivity (Wildman–Crippen MR) is 94.5 cm³/mol. The summed E-state index contributed by atoms with van der Waals surface area (Å²) in [7, 11) is 0. The van der Waals surface area contributed by atoms with E-state index >= 15 is 0 Å². The van der Waals surface area contributed by atoms with E-state index in [2.05, 4.69) is 0 Å². The van der Waals surface area contributed by atoms with Gasteiger partial charge < -0.3 is 14.7 Å². The fraction of sp³-hybridized carbons (Fsp3) is 0.444. The number of aromatic nitrogens is 1. The number of fused-ring (bicyclic) bond motifs is 1. The highest BCUT2D eigenvalue weighted by molar-refractivity contribution is 6.31. The minimum absolute atomic E-state index is 0.0795.